The first kappa shape index (κ1) is 16.3. The lowest BCUT2D eigenvalue weighted by molar-refractivity contribution is 0.104. The molecule has 0 N–H and O–H groups in total. The fraction of sp³-hybridized carbons (Fsp3) is 0.0800. The van der Waals surface area contributed by atoms with E-state index in [0.717, 1.165) is 27.5 Å². The Morgan fingerprint density at radius 1 is 0.692 bits per heavy atom. The van der Waals surface area contributed by atoms with Crippen LogP contribution in [0.2, 0.25) is 0 Å². The molecule has 126 valence electrons. The Kier molecular flexibility index (Phi) is 4.14. The minimum Gasteiger partial charge on any atom is -0.289 e. The minimum atomic E-state index is 0.0654. The standard InChI is InChI=1S/C25H20O/c1-17-8-11-19(12-9-17)22-15-13-21-16-18(2)10-14-23(21)24(22)25(26)20-6-4-3-5-7-20/h3-16H,1-2H3. The first-order valence-electron chi connectivity index (χ1n) is 8.83. The summed E-state index contributed by atoms with van der Waals surface area (Å²) < 4.78 is 0. The van der Waals surface area contributed by atoms with E-state index in [4.69, 9.17) is 0 Å². The molecule has 1 nitrogen and oxygen atoms in total. The highest BCUT2D eigenvalue weighted by molar-refractivity contribution is 6.20. The Bertz CT molecular complexity index is 1090. The number of rotatable bonds is 3. The summed E-state index contributed by atoms with van der Waals surface area (Å²) in [5.74, 6) is 0.0654. The summed E-state index contributed by atoms with van der Waals surface area (Å²) >= 11 is 0. The van der Waals surface area contributed by atoms with Gasteiger partial charge in [0.05, 0.1) is 0 Å². The van der Waals surface area contributed by atoms with E-state index in [-0.39, 0.29) is 5.78 Å². The molecule has 1 heteroatoms. The monoisotopic (exact) mass is 336 g/mol. The predicted molar refractivity (Wildman–Crippen MR) is 109 cm³/mol. The summed E-state index contributed by atoms with van der Waals surface area (Å²) in [6, 6.07) is 28.3. The number of fused-ring (bicyclic) bond motifs is 1. The van der Waals surface area contributed by atoms with Crippen LogP contribution in [0, 0.1) is 13.8 Å². The first-order valence-corrected chi connectivity index (χ1v) is 8.83. The zero-order valence-electron chi connectivity index (χ0n) is 15.0. The number of benzene rings is 4. The van der Waals surface area contributed by atoms with Crippen LogP contribution in [0.5, 0.6) is 0 Å². The van der Waals surface area contributed by atoms with Gasteiger partial charge in [-0.15, -0.1) is 0 Å². The molecule has 0 saturated carbocycles. The van der Waals surface area contributed by atoms with Crippen LogP contribution in [-0.4, -0.2) is 5.78 Å². The quantitative estimate of drug-likeness (QED) is 0.398. The van der Waals surface area contributed by atoms with E-state index in [1.165, 1.54) is 11.1 Å². The average Bonchev–Trinajstić information content (AvgIpc) is 2.68. The number of ketones is 1. The fourth-order valence-corrected chi connectivity index (χ4v) is 3.40. The van der Waals surface area contributed by atoms with Crippen molar-refractivity contribution in [2.45, 2.75) is 13.8 Å². The number of carbonyl (C=O) groups is 1. The van der Waals surface area contributed by atoms with Crippen molar-refractivity contribution in [3.8, 4) is 11.1 Å². The van der Waals surface area contributed by atoms with Crippen LogP contribution in [0.4, 0.5) is 0 Å². The van der Waals surface area contributed by atoms with Crippen LogP contribution in [0.15, 0.2) is 84.9 Å². The van der Waals surface area contributed by atoms with Crippen molar-refractivity contribution in [3.63, 3.8) is 0 Å². The molecule has 0 bridgehead atoms. The van der Waals surface area contributed by atoms with Gasteiger partial charge in [0.1, 0.15) is 0 Å². The number of hydrogen-bond acceptors (Lipinski definition) is 1. The van der Waals surface area contributed by atoms with Gasteiger partial charge in [-0.2, -0.15) is 0 Å². The summed E-state index contributed by atoms with van der Waals surface area (Å²) in [5, 5.41) is 2.10. The van der Waals surface area contributed by atoms with Crippen molar-refractivity contribution in [3.05, 3.63) is 107 Å². The lowest BCUT2D eigenvalue weighted by Gasteiger charge is -2.14. The van der Waals surface area contributed by atoms with Gasteiger partial charge in [-0.1, -0.05) is 96.1 Å². The van der Waals surface area contributed by atoms with Crippen molar-refractivity contribution in [2.75, 3.05) is 0 Å². The Hall–Kier alpha value is -3.19. The van der Waals surface area contributed by atoms with Gasteiger partial charge < -0.3 is 0 Å². The third kappa shape index (κ3) is 2.93. The van der Waals surface area contributed by atoms with Gasteiger partial charge in [0.2, 0.25) is 0 Å². The zero-order valence-corrected chi connectivity index (χ0v) is 15.0. The highest BCUT2D eigenvalue weighted by Gasteiger charge is 2.18. The smallest absolute Gasteiger partial charge is 0.194 e. The molecule has 26 heavy (non-hydrogen) atoms. The van der Waals surface area contributed by atoms with E-state index in [1.54, 1.807) is 0 Å². The van der Waals surface area contributed by atoms with Gasteiger partial charge in [-0.25, -0.2) is 0 Å². The zero-order chi connectivity index (χ0) is 18.1. The molecule has 0 spiro atoms. The maximum atomic E-state index is 13.4. The SMILES string of the molecule is Cc1ccc(-c2ccc3cc(C)ccc3c2C(=O)c2ccccc2)cc1. The van der Waals surface area contributed by atoms with E-state index in [0.29, 0.717) is 5.56 Å². The maximum absolute atomic E-state index is 13.4. The van der Waals surface area contributed by atoms with E-state index in [1.807, 2.05) is 30.3 Å². The van der Waals surface area contributed by atoms with Crippen LogP contribution in [-0.2, 0) is 0 Å². The van der Waals surface area contributed by atoms with Crippen LogP contribution in [0.25, 0.3) is 21.9 Å². The van der Waals surface area contributed by atoms with Crippen LogP contribution in [0.1, 0.15) is 27.0 Å². The summed E-state index contributed by atoms with van der Waals surface area (Å²) in [6.07, 6.45) is 0. The second kappa shape index (κ2) is 6.61. The summed E-state index contributed by atoms with van der Waals surface area (Å²) in [7, 11) is 0. The molecule has 0 saturated heterocycles. The van der Waals surface area contributed by atoms with Gasteiger partial charge in [-0.3, -0.25) is 4.79 Å². The number of aryl methyl sites for hydroxylation is 2. The summed E-state index contributed by atoms with van der Waals surface area (Å²) in [6.45, 7) is 4.15. The molecular weight excluding hydrogens is 316 g/mol. The third-order valence-electron chi connectivity index (χ3n) is 4.80. The van der Waals surface area contributed by atoms with Crippen molar-refractivity contribution in [1.82, 2.24) is 0 Å². The average molecular weight is 336 g/mol. The summed E-state index contributed by atoms with van der Waals surface area (Å²) in [4.78, 5) is 13.4. The molecule has 0 aliphatic rings. The molecule has 0 unspecified atom stereocenters. The van der Waals surface area contributed by atoms with Gasteiger partial charge in [-0.05, 0) is 35.7 Å². The predicted octanol–water partition coefficient (Wildman–Crippen LogP) is 6.35. The van der Waals surface area contributed by atoms with Crippen molar-refractivity contribution < 1.29 is 4.79 Å². The van der Waals surface area contributed by atoms with Crippen molar-refractivity contribution in [1.29, 1.82) is 0 Å². The molecule has 0 heterocycles. The van der Waals surface area contributed by atoms with Crippen LogP contribution < -0.4 is 0 Å². The Morgan fingerprint density at radius 2 is 1.38 bits per heavy atom. The van der Waals surface area contributed by atoms with E-state index in [2.05, 4.69) is 68.4 Å². The topological polar surface area (TPSA) is 17.1 Å². The second-order valence-electron chi connectivity index (χ2n) is 6.77. The van der Waals surface area contributed by atoms with Crippen molar-refractivity contribution in [2.24, 2.45) is 0 Å². The first-order chi connectivity index (χ1) is 12.6. The van der Waals surface area contributed by atoms with E-state index >= 15 is 0 Å². The van der Waals surface area contributed by atoms with Crippen LogP contribution in [0.3, 0.4) is 0 Å². The molecule has 4 rings (SSSR count). The Labute approximate surface area is 153 Å². The molecule has 0 fully saturated rings. The largest absolute Gasteiger partial charge is 0.289 e. The van der Waals surface area contributed by atoms with E-state index < -0.39 is 0 Å². The normalized spacial score (nSPS) is 10.8. The van der Waals surface area contributed by atoms with Crippen molar-refractivity contribution >= 4 is 16.6 Å². The lowest BCUT2D eigenvalue weighted by atomic mass is 9.89. The molecule has 0 aliphatic heterocycles. The third-order valence-corrected chi connectivity index (χ3v) is 4.80. The molecule has 0 amide bonds. The number of carbonyl (C=O) groups excluding carboxylic acids is 1. The minimum absolute atomic E-state index is 0.0654. The van der Waals surface area contributed by atoms with Crippen LogP contribution >= 0.6 is 0 Å². The van der Waals surface area contributed by atoms with Gasteiger partial charge >= 0.3 is 0 Å². The maximum Gasteiger partial charge on any atom is 0.194 e. The molecular formula is C25H20O. The highest BCUT2D eigenvalue weighted by atomic mass is 16.1. The van der Waals surface area contributed by atoms with Gasteiger partial charge in [0.15, 0.2) is 5.78 Å². The second-order valence-corrected chi connectivity index (χ2v) is 6.77. The van der Waals surface area contributed by atoms with Gasteiger partial charge in [0, 0.05) is 11.1 Å². The highest BCUT2D eigenvalue weighted by Crippen LogP contribution is 2.33. The molecule has 0 radical (unpaired) electrons. The fourth-order valence-electron chi connectivity index (χ4n) is 3.40. The molecule has 0 aliphatic carbocycles. The molecule has 0 atom stereocenters. The lowest BCUT2D eigenvalue weighted by Crippen LogP contribution is -2.05. The van der Waals surface area contributed by atoms with Gasteiger partial charge in [0.25, 0.3) is 0 Å². The molecule has 4 aromatic rings. The molecule has 4 aromatic carbocycles. The number of hydrogen-bond donors (Lipinski definition) is 0. The Morgan fingerprint density at radius 3 is 2.12 bits per heavy atom. The summed E-state index contributed by atoms with van der Waals surface area (Å²) in [5.41, 5.74) is 5.94. The molecule has 0 aromatic heterocycles. The Balaban J connectivity index is 2.01. The van der Waals surface area contributed by atoms with E-state index in [9.17, 15) is 4.79 Å².